The molecule has 2 aliphatic rings. The molecule has 4 heterocycles. The fraction of sp³-hybridized carbons (Fsp3) is 0.333. The van der Waals surface area contributed by atoms with E-state index in [0.717, 1.165) is 16.6 Å². The zero-order valence-electron chi connectivity index (χ0n) is 20.0. The quantitative estimate of drug-likeness (QED) is 0.244. The maximum atomic E-state index is 4.36. The Morgan fingerprint density at radius 1 is 0.794 bits per heavy atom. The second-order valence-corrected chi connectivity index (χ2v) is 11.5. The van der Waals surface area contributed by atoms with Crippen molar-refractivity contribution in [3.8, 4) is 10.6 Å². The summed E-state index contributed by atoms with van der Waals surface area (Å²) in [6, 6.07) is 13.3. The Hall–Kier alpha value is -2.22. The molecule has 2 aromatic heterocycles. The lowest BCUT2D eigenvalue weighted by molar-refractivity contribution is 0.744. The fourth-order valence-corrected chi connectivity index (χ4v) is 5.71. The van der Waals surface area contributed by atoms with Crippen LogP contribution < -0.4 is 9.80 Å². The maximum absolute atomic E-state index is 4.36. The van der Waals surface area contributed by atoms with Gasteiger partial charge in [0.05, 0.1) is 5.01 Å². The SMILES string of the molecule is CN1CCCc2ccc(-c3nccs3)cc21.CN1CCCc2ccc(Br)cc21.Cc1nccs1. The minimum Gasteiger partial charge on any atom is -0.374 e. The van der Waals surface area contributed by atoms with E-state index in [2.05, 4.69) is 86.2 Å². The first-order chi connectivity index (χ1) is 16.5. The highest BCUT2D eigenvalue weighted by Crippen LogP contribution is 2.32. The van der Waals surface area contributed by atoms with Crippen molar-refractivity contribution in [3.05, 3.63) is 80.2 Å². The molecule has 0 saturated carbocycles. The van der Waals surface area contributed by atoms with Crippen molar-refractivity contribution in [1.82, 2.24) is 9.97 Å². The summed E-state index contributed by atoms with van der Waals surface area (Å²) in [5.41, 5.74) is 6.94. The lowest BCUT2D eigenvalue weighted by Crippen LogP contribution is -2.24. The van der Waals surface area contributed by atoms with Crippen molar-refractivity contribution in [2.24, 2.45) is 0 Å². The highest BCUT2D eigenvalue weighted by molar-refractivity contribution is 9.10. The van der Waals surface area contributed by atoms with Crippen LogP contribution in [-0.2, 0) is 12.8 Å². The molecule has 4 aromatic rings. The number of aromatic nitrogens is 2. The Morgan fingerprint density at radius 3 is 1.97 bits per heavy atom. The number of hydrogen-bond donors (Lipinski definition) is 0. The molecule has 0 unspecified atom stereocenters. The molecule has 0 N–H and O–H groups in total. The van der Waals surface area contributed by atoms with E-state index in [1.54, 1.807) is 28.9 Å². The van der Waals surface area contributed by atoms with Gasteiger partial charge in [-0.05, 0) is 61.9 Å². The topological polar surface area (TPSA) is 32.3 Å². The van der Waals surface area contributed by atoms with Gasteiger partial charge in [-0.15, -0.1) is 22.7 Å². The third kappa shape index (κ3) is 6.46. The van der Waals surface area contributed by atoms with Crippen LogP contribution in [0.5, 0.6) is 0 Å². The van der Waals surface area contributed by atoms with Crippen LogP contribution >= 0.6 is 38.6 Å². The van der Waals surface area contributed by atoms with E-state index in [1.165, 1.54) is 64.8 Å². The smallest absolute Gasteiger partial charge is 0.123 e. The lowest BCUT2D eigenvalue weighted by atomic mass is 10.0. The second kappa shape index (κ2) is 12.0. The Morgan fingerprint density at radius 2 is 1.41 bits per heavy atom. The lowest BCUT2D eigenvalue weighted by Gasteiger charge is -2.27. The molecular weight excluding hydrogens is 524 g/mol. The average Bonchev–Trinajstić information content (AvgIpc) is 3.55. The van der Waals surface area contributed by atoms with Crippen LogP contribution in [0, 0.1) is 6.92 Å². The van der Waals surface area contributed by atoms with Crippen molar-refractivity contribution in [2.45, 2.75) is 32.6 Å². The van der Waals surface area contributed by atoms with Crippen molar-refractivity contribution in [3.63, 3.8) is 0 Å². The first-order valence-electron chi connectivity index (χ1n) is 11.6. The molecule has 4 nitrogen and oxygen atoms in total. The summed E-state index contributed by atoms with van der Waals surface area (Å²) in [7, 11) is 4.33. The monoisotopic (exact) mass is 554 g/mol. The summed E-state index contributed by atoms with van der Waals surface area (Å²) in [4.78, 5) is 13.0. The number of hydrogen-bond acceptors (Lipinski definition) is 6. The first-order valence-corrected chi connectivity index (χ1v) is 14.2. The van der Waals surface area contributed by atoms with Crippen molar-refractivity contribution < 1.29 is 0 Å². The van der Waals surface area contributed by atoms with Gasteiger partial charge in [0.1, 0.15) is 5.01 Å². The molecule has 2 aromatic carbocycles. The highest BCUT2D eigenvalue weighted by Gasteiger charge is 2.15. The second-order valence-electron chi connectivity index (χ2n) is 8.56. The predicted octanol–water partition coefficient (Wildman–Crippen LogP) is 7.48. The number of rotatable bonds is 1. The molecule has 7 heteroatoms. The zero-order chi connectivity index (χ0) is 23.9. The number of aryl methyl sites for hydroxylation is 3. The predicted molar refractivity (Wildman–Crippen MR) is 152 cm³/mol. The Labute approximate surface area is 219 Å². The number of halogens is 1. The van der Waals surface area contributed by atoms with Crippen molar-refractivity contribution >= 4 is 50.0 Å². The van der Waals surface area contributed by atoms with E-state index in [-0.39, 0.29) is 0 Å². The third-order valence-electron chi connectivity index (χ3n) is 6.07. The molecule has 178 valence electrons. The number of anilines is 2. The van der Waals surface area contributed by atoms with E-state index < -0.39 is 0 Å². The Balaban J connectivity index is 0.000000134. The first kappa shape index (κ1) is 24.9. The summed E-state index contributed by atoms with van der Waals surface area (Å²) in [6.45, 7) is 4.34. The molecule has 0 spiro atoms. The maximum Gasteiger partial charge on any atom is 0.123 e. The summed E-state index contributed by atoms with van der Waals surface area (Å²) in [6.07, 6.45) is 8.65. The van der Waals surface area contributed by atoms with Gasteiger partial charge in [-0.3, -0.25) is 4.98 Å². The summed E-state index contributed by atoms with van der Waals surface area (Å²) in [5, 5.41) is 6.24. The van der Waals surface area contributed by atoms with Gasteiger partial charge in [0.2, 0.25) is 0 Å². The average molecular weight is 556 g/mol. The van der Waals surface area contributed by atoms with Gasteiger partial charge in [-0.25, -0.2) is 4.98 Å². The highest BCUT2D eigenvalue weighted by atomic mass is 79.9. The summed E-state index contributed by atoms with van der Waals surface area (Å²) >= 11 is 6.86. The minimum absolute atomic E-state index is 1.11. The van der Waals surface area contributed by atoms with Crippen LogP contribution in [-0.4, -0.2) is 37.2 Å². The van der Waals surface area contributed by atoms with Gasteiger partial charge in [0, 0.05) is 71.7 Å². The van der Waals surface area contributed by atoms with Gasteiger partial charge in [-0.1, -0.05) is 34.1 Å². The molecule has 34 heavy (non-hydrogen) atoms. The molecule has 2 aliphatic heterocycles. The number of nitrogens with zero attached hydrogens (tertiary/aromatic N) is 4. The number of thiazole rings is 2. The van der Waals surface area contributed by atoms with Crippen LogP contribution in [0.25, 0.3) is 10.6 Å². The Kier molecular flexibility index (Phi) is 8.75. The normalized spacial score (nSPS) is 14.2. The molecule has 0 radical (unpaired) electrons. The van der Waals surface area contributed by atoms with Gasteiger partial charge < -0.3 is 9.80 Å². The molecule has 0 amide bonds. The minimum atomic E-state index is 1.11. The summed E-state index contributed by atoms with van der Waals surface area (Å²) in [5.74, 6) is 0. The van der Waals surface area contributed by atoms with E-state index in [9.17, 15) is 0 Å². The molecule has 6 rings (SSSR count). The molecule has 0 aliphatic carbocycles. The largest absolute Gasteiger partial charge is 0.374 e. The van der Waals surface area contributed by atoms with Gasteiger partial charge in [0.15, 0.2) is 0 Å². The van der Waals surface area contributed by atoms with Crippen LogP contribution in [0.1, 0.15) is 29.0 Å². The zero-order valence-corrected chi connectivity index (χ0v) is 23.2. The standard InChI is InChI=1S/C13H14N2S.C10H12BrN.C4H5NS/c1-15-7-2-3-10-4-5-11(9-12(10)15)13-14-6-8-16-13;1-12-6-2-3-8-4-5-9(11)7-10(8)12;1-4-5-2-3-6-4/h4-6,8-9H,2-3,7H2,1H3;4-5,7H,2-3,6H2,1H3;2-3H,1H3. The number of fused-ring (bicyclic) bond motifs is 2. The van der Waals surface area contributed by atoms with Crippen molar-refractivity contribution in [2.75, 3.05) is 37.0 Å². The van der Waals surface area contributed by atoms with E-state index >= 15 is 0 Å². The van der Waals surface area contributed by atoms with E-state index in [1.807, 2.05) is 23.9 Å². The molecule has 0 atom stereocenters. The summed E-state index contributed by atoms with van der Waals surface area (Å²) < 4.78 is 1.18. The van der Waals surface area contributed by atoms with Crippen LogP contribution in [0.3, 0.4) is 0 Å². The van der Waals surface area contributed by atoms with Crippen LogP contribution in [0.4, 0.5) is 11.4 Å². The molecule has 0 fully saturated rings. The molecular formula is C27H31BrN4S2. The van der Waals surface area contributed by atoms with Gasteiger partial charge in [-0.2, -0.15) is 0 Å². The van der Waals surface area contributed by atoms with Gasteiger partial charge >= 0.3 is 0 Å². The fourth-order valence-electron chi connectivity index (χ4n) is 4.28. The van der Waals surface area contributed by atoms with Gasteiger partial charge in [0.25, 0.3) is 0 Å². The van der Waals surface area contributed by atoms with E-state index in [4.69, 9.17) is 0 Å². The van der Waals surface area contributed by atoms with E-state index in [0.29, 0.717) is 0 Å². The van der Waals surface area contributed by atoms with Crippen molar-refractivity contribution in [1.29, 1.82) is 0 Å². The molecule has 0 saturated heterocycles. The molecule has 0 bridgehead atoms. The number of benzene rings is 2. The van der Waals surface area contributed by atoms with Crippen LogP contribution in [0.15, 0.2) is 64.0 Å². The van der Waals surface area contributed by atoms with Crippen LogP contribution in [0.2, 0.25) is 0 Å². The third-order valence-corrected chi connectivity index (χ3v) is 8.09. The Bertz CT molecular complexity index is 1180.